The number of fused-ring (bicyclic) bond motifs is 1. The van der Waals surface area contributed by atoms with Crippen LogP contribution in [0.5, 0.6) is 11.5 Å². The molecule has 1 N–H and O–H groups in total. The van der Waals surface area contributed by atoms with Crippen LogP contribution in [-0.2, 0) is 21.0 Å². The zero-order chi connectivity index (χ0) is 25.5. The van der Waals surface area contributed by atoms with Gasteiger partial charge in [0.15, 0.2) is 0 Å². The molecular formula is C22H24ClF3N2O5S. The van der Waals surface area contributed by atoms with Crippen molar-refractivity contribution in [3.63, 3.8) is 0 Å². The highest BCUT2D eigenvalue weighted by Crippen LogP contribution is 2.41. The van der Waals surface area contributed by atoms with E-state index in [0.29, 0.717) is 33.9 Å². The van der Waals surface area contributed by atoms with Crippen LogP contribution in [0, 0.1) is 0 Å². The number of amides is 1. The number of anilines is 1. The van der Waals surface area contributed by atoms with Crippen LogP contribution in [0.1, 0.15) is 37.4 Å². The Morgan fingerprint density at radius 1 is 1.26 bits per heavy atom. The SMILES string of the molecule is COc1ccc2c(c1)OC(C)(C)CC2NC(=O)CN(c1cc(C(F)(F)F)ccc1Cl)S(C)(=O)=O. The Kier molecular flexibility index (Phi) is 7.01. The first-order chi connectivity index (χ1) is 15.6. The lowest BCUT2D eigenvalue weighted by Crippen LogP contribution is -2.45. The van der Waals surface area contributed by atoms with Crippen molar-refractivity contribution in [2.24, 2.45) is 0 Å². The number of benzene rings is 2. The van der Waals surface area contributed by atoms with Gasteiger partial charge in [0, 0.05) is 18.1 Å². The van der Waals surface area contributed by atoms with E-state index in [1.54, 1.807) is 18.2 Å². The molecule has 0 bridgehead atoms. The molecule has 1 aliphatic rings. The van der Waals surface area contributed by atoms with E-state index >= 15 is 0 Å². The number of methoxy groups -OCH3 is 1. The van der Waals surface area contributed by atoms with Gasteiger partial charge in [-0.1, -0.05) is 11.6 Å². The summed E-state index contributed by atoms with van der Waals surface area (Å²) >= 11 is 6.02. The third-order valence-electron chi connectivity index (χ3n) is 5.24. The molecular weight excluding hydrogens is 497 g/mol. The van der Waals surface area contributed by atoms with Crippen LogP contribution in [0.15, 0.2) is 36.4 Å². The number of sulfonamides is 1. The van der Waals surface area contributed by atoms with Gasteiger partial charge in [0.25, 0.3) is 0 Å². The molecule has 0 aromatic heterocycles. The van der Waals surface area contributed by atoms with E-state index in [1.165, 1.54) is 7.11 Å². The topological polar surface area (TPSA) is 84.9 Å². The number of ether oxygens (including phenoxy) is 2. The van der Waals surface area contributed by atoms with E-state index in [-0.39, 0.29) is 5.02 Å². The van der Waals surface area contributed by atoms with Crippen LogP contribution >= 0.6 is 11.6 Å². The van der Waals surface area contributed by atoms with E-state index in [1.807, 2.05) is 13.8 Å². The summed E-state index contributed by atoms with van der Waals surface area (Å²) in [6, 6.07) is 6.87. The second-order valence-corrected chi connectivity index (χ2v) is 10.8. The van der Waals surface area contributed by atoms with Crippen molar-refractivity contribution in [1.29, 1.82) is 0 Å². The molecule has 0 saturated heterocycles. The summed E-state index contributed by atoms with van der Waals surface area (Å²) in [7, 11) is -2.64. The minimum atomic E-state index is -4.72. The molecule has 7 nitrogen and oxygen atoms in total. The smallest absolute Gasteiger partial charge is 0.416 e. The molecule has 1 atom stereocenters. The molecule has 0 saturated carbocycles. The second kappa shape index (κ2) is 9.18. The van der Waals surface area contributed by atoms with Crippen molar-refractivity contribution in [2.45, 2.75) is 38.1 Å². The first-order valence-corrected chi connectivity index (χ1v) is 12.3. The molecule has 1 aliphatic heterocycles. The van der Waals surface area contributed by atoms with Crippen molar-refractivity contribution in [3.8, 4) is 11.5 Å². The predicted octanol–water partition coefficient (Wildman–Crippen LogP) is 4.55. The van der Waals surface area contributed by atoms with Crippen molar-refractivity contribution < 1.29 is 35.9 Å². The lowest BCUT2D eigenvalue weighted by atomic mass is 9.89. The van der Waals surface area contributed by atoms with Crippen LogP contribution in [-0.4, -0.2) is 39.8 Å². The summed E-state index contributed by atoms with van der Waals surface area (Å²) in [5, 5.41) is 2.53. The van der Waals surface area contributed by atoms with Gasteiger partial charge in [0.05, 0.1) is 35.7 Å². The molecule has 0 spiro atoms. The molecule has 2 aromatic carbocycles. The van der Waals surface area contributed by atoms with E-state index < -0.39 is 51.5 Å². The Hall–Kier alpha value is -2.66. The van der Waals surface area contributed by atoms with Crippen LogP contribution < -0.4 is 19.1 Å². The monoisotopic (exact) mass is 520 g/mol. The zero-order valence-electron chi connectivity index (χ0n) is 18.9. The highest BCUT2D eigenvalue weighted by Gasteiger charge is 2.36. The molecule has 34 heavy (non-hydrogen) atoms. The van der Waals surface area contributed by atoms with Crippen molar-refractivity contribution in [2.75, 3.05) is 24.2 Å². The normalized spacial score (nSPS) is 17.4. The number of carbonyl (C=O) groups is 1. The number of nitrogens with zero attached hydrogens (tertiary/aromatic N) is 1. The highest BCUT2D eigenvalue weighted by atomic mass is 35.5. The number of hydrogen-bond donors (Lipinski definition) is 1. The minimum absolute atomic E-state index is 0.240. The van der Waals surface area contributed by atoms with Gasteiger partial charge >= 0.3 is 6.18 Å². The number of rotatable bonds is 6. The summed E-state index contributed by atoms with van der Waals surface area (Å²) in [6.07, 6.45) is -3.56. The van der Waals surface area contributed by atoms with Gasteiger partial charge < -0.3 is 14.8 Å². The Balaban J connectivity index is 1.91. The largest absolute Gasteiger partial charge is 0.497 e. The van der Waals surface area contributed by atoms with E-state index in [4.69, 9.17) is 21.1 Å². The molecule has 3 rings (SSSR count). The number of halogens is 4. The van der Waals surface area contributed by atoms with Gasteiger partial charge in [-0.25, -0.2) is 8.42 Å². The third-order valence-corrected chi connectivity index (χ3v) is 6.69. The van der Waals surface area contributed by atoms with Crippen LogP contribution in [0.2, 0.25) is 5.02 Å². The fourth-order valence-corrected chi connectivity index (χ4v) is 4.85. The first-order valence-electron chi connectivity index (χ1n) is 10.1. The summed E-state index contributed by atoms with van der Waals surface area (Å²) in [6.45, 7) is 2.91. The summed E-state index contributed by atoms with van der Waals surface area (Å²) in [5.41, 5.74) is -1.52. The number of carbonyl (C=O) groups excluding carboxylic acids is 1. The van der Waals surface area contributed by atoms with Gasteiger partial charge in [0.1, 0.15) is 23.6 Å². The maximum atomic E-state index is 13.2. The van der Waals surface area contributed by atoms with Crippen molar-refractivity contribution in [1.82, 2.24) is 5.32 Å². The molecule has 2 aromatic rings. The van der Waals surface area contributed by atoms with E-state index in [0.717, 1.165) is 18.4 Å². The summed E-state index contributed by atoms with van der Waals surface area (Å²) < 4.78 is 76.1. The van der Waals surface area contributed by atoms with Gasteiger partial charge in [-0.05, 0) is 44.2 Å². The molecule has 1 unspecified atom stereocenters. The molecule has 0 radical (unpaired) electrons. The highest BCUT2D eigenvalue weighted by molar-refractivity contribution is 7.92. The number of hydrogen-bond acceptors (Lipinski definition) is 5. The molecule has 0 aliphatic carbocycles. The maximum Gasteiger partial charge on any atom is 0.416 e. The Labute approximate surface area is 200 Å². The van der Waals surface area contributed by atoms with E-state index in [9.17, 15) is 26.4 Å². The number of alkyl halides is 3. The fraction of sp³-hybridized carbons (Fsp3) is 0.409. The van der Waals surface area contributed by atoms with Crippen molar-refractivity contribution in [3.05, 3.63) is 52.5 Å². The Morgan fingerprint density at radius 3 is 2.53 bits per heavy atom. The molecule has 1 heterocycles. The second-order valence-electron chi connectivity index (χ2n) is 8.52. The standard InChI is InChI=1S/C22H24ClF3N2O5S/c1-21(2)11-17(15-7-6-14(32-3)10-19(15)33-21)27-20(29)12-28(34(4,30)31)18-9-13(22(24,25)26)5-8-16(18)23/h5-10,17H,11-12H2,1-4H3,(H,27,29). The van der Waals surface area contributed by atoms with Gasteiger partial charge in [-0.3, -0.25) is 9.10 Å². The average molecular weight is 521 g/mol. The average Bonchev–Trinajstić information content (AvgIpc) is 2.69. The Bertz CT molecular complexity index is 1200. The molecule has 0 fully saturated rings. The maximum absolute atomic E-state index is 13.2. The lowest BCUT2D eigenvalue weighted by Gasteiger charge is -2.38. The van der Waals surface area contributed by atoms with Gasteiger partial charge in [0.2, 0.25) is 15.9 Å². The van der Waals surface area contributed by atoms with Crippen LogP contribution in [0.3, 0.4) is 0 Å². The molecule has 1 amide bonds. The lowest BCUT2D eigenvalue weighted by molar-refractivity contribution is -0.137. The van der Waals surface area contributed by atoms with E-state index in [2.05, 4.69) is 5.32 Å². The minimum Gasteiger partial charge on any atom is -0.497 e. The predicted molar refractivity (Wildman–Crippen MR) is 122 cm³/mol. The van der Waals surface area contributed by atoms with Gasteiger partial charge in [-0.15, -0.1) is 0 Å². The molecule has 186 valence electrons. The quantitative estimate of drug-likeness (QED) is 0.604. The number of nitrogens with one attached hydrogen (secondary N) is 1. The molecule has 12 heteroatoms. The zero-order valence-corrected chi connectivity index (χ0v) is 20.4. The Morgan fingerprint density at radius 2 is 1.94 bits per heavy atom. The van der Waals surface area contributed by atoms with Crippen LogP contribution in [0.4, 0.5) is 18.9 Å². The summed E-state index contributed by atoms with van der Waals surface area (Å²) in [5.74, 6) is 0.342. The third kappa shape index (κ3) is 5.87. The van der Waals surface area contributed by atoms with Crippen LogP contribution in [0.25, 0.3) is 0 Å². The fourth-order valence-electron chi connectivity index (χ4n) is 3.72. The summed E-state index contributed by atoms with van der Waals surface area (Å²) in [4.78, 5) is 12.9. The van der Waals surface area contributed by atoms with Gasteiger partial charge in [-0.2, -0.15) is 13.2 Å². The first kappa shape index (κ1) is 26.0. The van der Waals surface area contributed by atoms with Crippen molar-refractivity contribution >= 4 is 33.2 Å².